The molecule has 0 radical (unpaired) electrons. The van der Waals surface area contributed by atoms with Crippen LogP contribution in [0.1, 0.15) is 49.3 Å². The van der Waals surface area contributed by atoms with Crippen LogP contribution in [0.3, 0.4) is 0 Å². The first-order valence-corrected chi connectivity index (χ1v) is 9.50. The standard InChI is InChI=1S/C20H30N2O2/c1-13-12-24-18-10-16-6-8-21-9-7-17(16)19(15-4-5-15)20(18)22(13)11-14(2)23-3/h10,13-15,21H,4-9,11-12H2,1-3H3/t13-,14-/m0/s1. The van der Waals surface area contributed by atoms with Crippen molar-refractivity contribution < 1.29 is 9.47 Å². The van der Waals surface area contributed by atoms with E-state index in [1.54, 1.807) is 18.2 Å². The van der Waals surface area contributed by atoms with Gasteiger partial charge in [-0.05, 0) is 81.3 Å². The number of anilines is 1. The second-order valence-electron chi connectivity index (χ2n) is 7.66. The van der Waals surface area contributed by atoms with Gasteiger partial charge in [0.25, 0.3) is 0 Å². The Morgan fingerprint density at radius 3 is 2.88 bits per heavy atom. The Morgan fingerprint density at radius 2 is 2.12 bits per heavy atom. The molecule has 0 spiro atoms. The van der Waals surface area contributed by atoms with Crippen LogP contribution in [0.2, 0.25) is 0 Å². The smallest absolute Gasteiger partial charge is 0.143 e. The van der Waals surface area contributed by atoms with Gasteiger partial charge in [0.15, 0.2) is 0 Å². The minimum absolute atomic E-state index is 0.228. The van der Waals surface area contributed by atoms with Crippen molar-refractivity contribution in [3.05, 3.63) is 22.8 Å². The summed E-state index contributed by atoms with van der Waals surface area (Å²) in [5.41, 5.74) is 6.09. The van der Waals surface area contributed by atoms with Crippen LogP contribution in [0.4, 0.5) is 5.69 Å². The first kappa shape index (κ1) is 16.2. The molecule has 1 N–H and O–H groups in total. The molecule has 132 valence electrons. The van der Waals surface area contributed by atoms with Gasteiger partial charge in [-0.1, -0.05) is 0 Å². The fourth-order valence-electron chi connectivity index (χ4n) is 4.20. The lowest BCUT2D eigenvalue weighted by atomic mass is 9.90. The van der Waals surface area contributed by atoms with E-state index in [1.165, 1.54) is 24.1 Å². The average Bonchev–Trinajstić information content (AvgIpc) is 3.42. The molecule has 2 heterocycles. The zero-order chi connectivity index (χ0) is 16.7. The first-order chi connectivity index (χ1) is 11.7. The van der Waals surface area contributed by atoms with E-state index in [-0.39, 0.29) is 6.10 Å². The van der Waals surface area contributed by atoms with E-state index in [0.717, 1.165) is 50.8 Å². The minimum atomic E-state index is 0.228. The van der Waals surface area contributed by atoms with Crippen LogP contribution in [-0.4, -0.2) is 45.5 Å². The number of nitrogens with zero attached hydrogens (tertiary/aromatic N) is 1. The van der Waals surface area contributed by atoms with E-state index in [0.29, 0.717) is 6.04 Å². The largest absolute Gasteiger partial charge is 0.489 e. The van der Waals surface area contributed by atoms with Crippen LogP contribution in [0.5, 0.6) is 5.75 Å². The maximum Gasteiger partial charge on any atom is 0.143 e. The number of fused-ring (bicyclic) bond motifs is 2. The lowest BCUT2D eigenvalue weighted by Gasteiger charge is -2.40. The fourth-order valence-corrected chi connectivity index (χ4v) is 4.20. The zero-order valence-electron chi connectivity index (χ0n) is 15.2. The molecule has 0 unspecified atom stereocenters. The summed E-state index contributed by atoms with van der Waals surface area (Å²) in [7, 11) is 1.81. The summed E-state index contributed by atoms with van der Waals surface area (Å²) in [6, 6.07) is 2.73. The lowest BCUT2D eigenvalue weighted by Crippen LogP contribution is -2.45. The van der Waals surface area contributed by atoms with Gasteiger partial charge in [-0.25, -0.2) is 0 Å². The van der Waals surface area contributed by atoms with Gasteiger partial charge < -0.3 is 19.7 Å². The molecule has 2 atom stereocenters. The fraction of sp³-hybridized carbons (Fsp3) is 0.700. The Morgan fingerprint density at radius 1 is 1.33 bits per heavy atom. The van der Waals surface area contributed by atoms with E-state index in [4.69, 9.17) is 9.47 Å². The molecule has 4 heteroatoms. The van der Waals surface area contributed by atoms with Crippen LogP contribution >= 0.6 is 0 Å². The van der Waals surface area contributed by atoms with Crippen molar-refractivity contribution in [1.29, 1.82) is 0 Å². The Balaban J connectivity index is 1.83. The predicted octanol–water partition coefficient (Wildman–Crippen LogP) is 2.87. The molecule has 1 aliphatic carbocycles. The lowest BCUT2D eigenvalue weighted by molar-refractivity contribution is 0.118. The Hall–Kier alpha value is -1.26. The van der Waals surface area contributed by atoms with Crippen molar-refractivity contribution in [3.8, 4) is 5.75 Å². The molecule has 0 bridgehead atoms. The van der Waals surface area contributed by atoms with Gasteiger partial charge in [-0.3, -0.25) is 0 Å². The molecule has 1 aromatic carbocycles. The summed E-state index contributed by atoms with van der Waals surface area (Å²) < 4.78 is 11.8. The summed E-state index contributed by atoms with van der Waals surface area (Å²) in [6.45, 7) is 8.31. The molecule has 0 saturated heterocycles. The third kappa shape index (κ3) is 2.91. The summed E-state index contributed by atoms with van der Waals surface area (Å²) in [5.74, 6) is 1.85. The number of hydrogen-bond donors (Lipinski definition) is 1. The number of ether oxygens (including phenoxy) is 2. The van der Waals surface area contributed by atoms with Gasteiger partial charge in [-0.2, -0.15) is 0 Å². The van der Waals surface area contributed by atoms with Crippen LogP contribution < -0.4 is 15.0 Å². The maximum atomic E-state index is 6.20. The van der Waals surface area contributed by atoms with Crippen molar-refractivity contribution >= 4 is 5.69 Å². The summed E-state index contributed by atoms with van der Waals surface area (Å²) in [5, 5.41) is 3.56. The molecule has 2 aliphatic heterocycles. The normalized spacial score (nSPS) is 24.6. The monoisotopic (exact) mass is 330 g/mol. The summed E-state index contributed by atoms with van der Waals surface area (Å²) >= 11 is 0. The molecule has 4 rings (SSSR count). The Kier molecular flexibility index (Phi) is 4.44. The van der Waals surface area contributed by atoms with Gasteiger partial charge in [0.05, 0.1) is 17.8 Å². The molecule has 0 amide bonds. The van der Waals surface area contributed by atoms with Crippen molar-refractivity contribution in [2.45, 2.75) is 57.6 Å². The van der Waals surface area contributed by atoms with E-state index in [9.17, 15) is 0 Å². The van der Waals surface area contributed by atoms with E-state index >= 15 is 0 Å². The molecular formula is C20H30N2O2. The van der Waals surface area contributed by atoms with Gasteiger partial charge in [0.2, 0.25) is 0 Å². The zero-order valence-corrected chi connectivity index (χ0v) is 15.2. The van der Waals surface area contributed by atoms with E-state index in [1.807, 2.05) is 0 Å². The van der Waals surface area contributed by atoms with Crippen LogP contribution in [0, 0.1) is 0 Å². The van der Waals surface area contributed by atoms with Crippen molar-refractivity contribution in [2.24, 2.45) is 0 Å². The summed E-state index contributed by atoms with van der Waals surface area (Å²) in [4.78, 5) is 2.55. The molecule has 4 nitrogen and oxygen atoms in total. The summed E-state index contributed by atoms with van der Waals surface area (Å²) in [6.07, 6.45) is 5.16. The molecule has 1 fully saturated rings. The second kappa shape index (κ2) is 6.57. The number of hydrogen-bond acceptors (Lipinski definition) is 4. The van der Waals surface area contributed by atoms with Crippen LogP contribution in [0.25, 0.3) is 0 Å². The van der Waals surface area contributed by atoms with E-state index in [2.05, 4.69) is 30.1 Å². The highest BCUT2D eigenvalue weighted by Gasteiger charge is 2.37. The Bertz CT molecular complexity index is 612. The number of benzene rings is 1. The van der Waals surface area contributed by atoms with Crippen LogP contribution in [-0.2, 0) is 17.6 Å². The molecule has 24 heavy (non-hydrogen) atoms. The number of methoxy groups -OCH3 is 1. The average molecular weight is 330 g/mol. The first-order valence-electron chi connectivity index (χ1n) is 9.50. The van der Waals surface area contributed by atoms with Gasteiger partial charge >= 0.3 is 0 Å². The number of rotatable bonds is 4. The third-order valence-electron chi connectivity index (χ3n) is 5.77. The van der Waals surface area contributed by atoms with Gasteiger partial charge in [-0.15, -0.1) is 0 Å². The topological polar surface area (TPSA) is 33.7 Å². The van der Waals surface area contributed by atoms with Crippen molar-refractivity contribution in [2.75, 3.05) is 38.3 Å². The van der Waals surface area contributed by atoms with Crippen molar-refractivity contribution in [3.63, 3.8) is 0 Å². The molecule has 0 aromatic heterocycles. The SMILES string of the molecule is CO[C@@H](C)CN1c2c(cc3c(c2C2CC2)CCNCC3)OC[C@@H]1C. The second-order valence-corrected chi connectivity index (χ2v) is 7.66. The van der Waals surface area contributed by atoms with E-state index < -0.39 is 0 Å². The quantitative estimate of drug-likeness (QED) is 0.920. The maximum absolute atomic E-state index is 6.20. The highest BCUT2D eigenvalue weighted by atomic mass is 16.5. The number of nitrogens with one attached hydrogen (secondary N) is 1. The third-order valence-corrected chi connectivity index (χ3v) is 5.77. The molecule has 1 saturated carbocycles. The minimum Gasteiger partial charge on any atom is -0.489 e. The van der Waals surface area contributed by atoms with Gasteiger partial charge in [0.1, 0.15) is 12.4 Å². The highest BCUT2D eigenvalue weighted by Crippen LogP contribution is 2.52. The molecular weight excluding hydrogens is 300 g/mol. The predicted molar refractivity (Wildman–Crippen MR) is 97.5 cm³/mol. The van der Waals surface area contributed by atoms with Crippen molar-refractivity contribution in [1.82, 2.24) is 5.32 Å². The Labute approximate surface area is 145 Å². The molecule has 1 aromatic rings. The highest BCUT2D eigenvalue weighted by molar-refractivity contribution is 5.71. The molecule has 3 aliphatic rings. The van der Waals surface area contributed by atoms with Crippen LogP contribution in [0.15, 0.2) is 6.07 Å². The van der Waals surface area contributed by atoms with Gasteiger partial charge in [0, 0.05) is 13.7 Å².